The van der Waals surface area contributed by atoms with Crippen LogP contribution in [0.25, 0.3) is 10.8 Å². The van der Waals surface area contributed by atoms with E-state index < -0.39 is 0 Å². The number of anilines is 2. The number of carbonyl (C=O) groups excluding carboxylic acids is 1. The molecule has 4 nitrogen and oxygen atoms in total. The van der Waals surface area contributed by atoms with E-state index in [0.29, 0.717) is 22.0 Å². The highest BCUT2D eigenvalue weighted by Crippen LogP contribution is 2.36. The quantitative estimate of drug-likeness (QED) is 0.458. The van der Waals surface area contributed by atoms with Crippen molar-refractivity contribution in [2.24, 2.45) is 4.99 Å². The van der Waals surface area contributed by atoms with Gasteiger partial charge in [-0.15, -0.1) is 0 Å². The highest BCUT2D eigenvalue weighted by molar-refractivity contribution is 6.31. The smallest absolute Gasteiger partial charge is 0.253 e. The number of hydrogen-bond acceptors (Lipinski definition) is 3. The number of hydrogen-bond donors (Lipinski definition) is 1. The zero-order valence-corrected chi connectivity index (χ0v) is 16.7. The van der Waals surface area contributed by atoms with Crippen LogP contribution in [0.3, 0.4) is 0 Å². The summed E-state index contributed by atoms with van der Waals surface area (Å²) in [5.74, 6) is -0.0237. The number of aromatic hydroxyl groups is 1. The maximum atomic E-state index is 13.2. The van der Waals surface area contributed by atoms with Crippen LogP contribution < -0.4 is 4.90 Å². The first-order chi connectivity index (χ1) is 14.6. The summed E-state index contributed by atoms with van der Waals surface area (Å²) in [6.45, 7) is 0.000227. The van der Waals surface area contributed by atoms with Crippen molar-refractivity contribution < 1.29 is 9.90 Å². The molecule has 4 aromatic carbocycles. The summed E-state index contributed by atoms with van der Waals surface area (Å²) in [6, 6.07) is 26.3. The van der Waals surface area contributed by atoms with Crippen LogP contribution in [0, 0.1) is 0 Å². The summed E-state index contributed by atoms with van der Waals surface area (Å²) in [5.41, 5.74) is 3.61. The average molecular weight is 413 g/mol. The van der Waals surface area contributed by atoms with Crippen molar-refractivity contribution in [3.05, 3.63) is 101 Å². The van der Waals surface area contributed by atoms with Crippen LogP contribution in [0.2, 0.25) is 5.02 Å². The van der Waals surface area contributed by atoms with Crippen LogP contribution in [0.4, 0.5) is 11.4 Å². The van der Waals surface area contributed by atoms with Crippen molar-refractivity contribution in [1.29, 1.82) is 0 Å². The molecular weight excluding hydrogens is 396 g/mol. The third-order valence-corrected chi connectivity index (χ3v) is 5.46. The number of rotatable bonds is 2. The predicted octanol–water partition coefficient (Wildman–Crippen LogP) is 5.71. The molecule has 1 aliphatic heterocycles. The number of phenolic OH excluding ortho intramolecular Hbond substituents is 1. The molecule has 30 heavy (non-hydrogen) atoms. The van der Waals surface area contributed by atoms with Gasteiger partial charge in [-0.2, -0.15) is 0 Å². The van der Waals surface area contributed by atoms with Crippen molar-refractivity contribution in [2.45, 2.75) is 0 Å². The van der Waals surface area contributed by atoms with E-state index >= 15 is 0 Å². The number of carbonyl (C=O) groups is 1. The standard InChI is InChI=1S/C25H17ClN2O2/c26-19-8-5-17(6-9-19)25-22-14-21(29)11-12-23(22)28(24(30)15-27-25)20-10-7-16-3-1-2-4-18(16)13-20/h1-14,29H,15H2. The molecule has 4 aromatic rings. The number of fused-ring (bicyclic) bond motifs is 2. The van der Waals surface area contributed by atoms with Crippen LogP contribution in [-0.2, 0) is 4.79 Å². The third-order valence-electron chi connectivity index (χ3n) is 5.21. The zero-order valence-electron chi connectivity index (χ0n) is 15.9. The van der Waals surface area contributed by atoms with E-state index in [0.717, 1.165) is 22.0 Å². The Balaban J connectivity index is 1.70. The zero-order chi connectivity index (χ0) is 20.7. The van der Waals surface area contributed by atoms with Crippen LogP contribution in [0.1, 0.15) is 11.1 Å². The van der Waals surface area contributed by atoms with Crippen LogP contribution >= 0.6 is 11.6 Å². The summed E-state index contributed by atoms with van der Waals surface area (Å²) in [5, 5.41) is 12.9. The number of phenols is 1. The number of halogens is 1. The topological polar surface area (TPSA) is 52.9 Å². The minimum absolute atomic E-state index is 0.000227. The van der Waals surface area contributed by atoms with Crippen molar-refractivity contribution >= 4 is 45.4 Å². The molecule has 0 fully saturated rings. The van der Waals surface area contributed by atoms with E-state index in [1.807, 2.05) is 54.6 Å². The lowest BCUT2D eigenvalue weighted by molar-refractivity contribution is -0.116. The third kappa shape index (κ3) is 3.21. The molecule has 0 aliphatic carbocycles. The van der Waals surface area contributed by atoms with E-state index in [-0.39, 0.29) is 18.2 Å². The minimum Gasteiger partial charge on any atom is -0.508 e. The summed E-state index contributed by atoms with van der Waals surface area (Å²) in [7, 11) is 0. The normalized spacial score (nSPS) is 13.7. The van der Waals surface area contributed by atoms with Crippen molar-refractivity contribution in [3.8, 4) is 5.75 Å². The second kappa shape index (κ2) is 7.32. The Kier molecular flexibility index (Phi) is 4.49. The van der Waals surface area contributed by atoms with E-state index in [4.69, 9.17) is 11.6 Å². The summed E-state index contributed by atoms with van der Waals surface area (Å²) in [6.07, 6.45) is 0. The molecule has 0 radical (unpaired) electrons. The maximum absolute atomic E-state index is 13.2. The number of benzene rings is 4. The molecule has 5 rings (SSSR count). The van der Waals surface area contributed by atoms with Crippen molar-refractivity contribution in [1.82, 2.24) is 0 Å². The maximum Gasteiger partial charge on any atom is 0.253 e. The molecule has 0 saturated heterocycles. The average Bonchev–Trinajstić information content (AvgIpc) is 2.90. The second-order valence-corrected chi connectivity index (χ2v) is 7.57. The Hall–Kier alpha value is -3.63. The molecule has 146 valence electrons. The minimum atomic E-state index is -0.138. The highest BCUT2D eigenvalue weighted by atomic mass is 35.5. The fourth-order valence-corrected chi connectivity index (χ4v) is 3.93. The fourth-order valence-electron chi connectivity index (χ4n) is 3.80. The Labute approximate surface area is 178 Å². The molecule has 0 atom stereocenters. The van der Waals surface area contributed by atoms with Gasteiger partial charge in [0.25, 0.3) is 5.91 Å². The molecule has 0 spiro atoms. The van der Waals surface area contributed by atoms with E-state index in [9.17, 15) is 9.90 Å². The first-order valence-electron chi connectivity index (χ1n) is 9.56. The van der Waals surface area contributed by atoms with Gasteiger partial charge in [-0.05, 0) is 53.2 Å². The summed E-state index contributed by atoms with van der Waals surface area (Å²) >= 11 is 6.04. The Morgan fingerprint density at radius 1 is 0.867 bits per heavy atom. The van der Waals surface area contributed by atoms with Crippen LogP contribution in [0.5, 0.6) is 5.75 Å². The lowest BCUT2D eigenvalue weighted by Crippen LogP contribution is -2.27. The Morgan fingerprint density at radius 3 is 2.43 bits per heavy atom. The van der Waals surface area contributed by atoms with Crippen LogP contribution in [-0.4, -0.2) is 23.3 Å². The van der Waals surface area contributed by atoms with Gasteiger partial charge in [0.15, 0.2) is 0 Å². The SMILES string of the molecule is O=C1CN=C(c2ccc(Cl)cc2)c2cc(O)ccc2N1c1ccc2ccccc2c1. The van der Waals surface area contributed by atoms with Crippen molar-refractivity contribution in [2.75, 3.05) is 11.4 Å². The van der Waals surface area contributed by atoms with E-state index in [2.05, 4.69) is 4.99 Å². The van der Waals surface area contributed by atoms with Gasteiger partial charge in [-0.1, -0.05) is 54.1 Å². The van der Waals surface area contributed by atoms with Crippen molar-refractivity contribution in [3.63, 3.8) is 0 Å². The fraction of sp³-hybridized carbons (Fsp3) is 0.0400. The molecule has 0 unspecified atom stereocenters. The first-order valence-corrected chi connectivity index (χ1v) is 9.93. The lowest BCUT2D eigenvalue weighted by Gasteiger charge is -2.24. The number of benzodiazepines with no additional fused rings is 1. The number of aliphatic imine (C=N–C) groups is 1. The first kappa shape index (κ1) is 18.4. The van der Waals surface area contributed by atoms with Gasteiger partial charge in [0.2, 0.25) is 0 Å². The van der Waals surface area contributed by atoms with E-state index in [1.165, 1.54) is 0 Å². The molecular formula is C25H17ClN2O2. The number of amides is 1. The van der Waals surface area contributed by atoms with Gasteiger partial charge in [0.1, 0.15) is 12.3 Å². The van der Waals surface area contributed by atoms with Gasteiger partial charge in [0.05, 0.1) is 11.4 Å². The molecule has 0 bridgehead atoms. The summed E-state index contributed by atoms with van der Waals surface area (Å²) < 4.78 is 0. The molecule has 5 heteroatoms. The van der Waals surface area contributed by atoms with Gasteiger partial charge in [-0.25, -0.2) is 0 Å². The molecule has 1 amide bonds. The second-order valence-electron chi connectivity index (χ2n) is 7.13. The monoisotopic (exact) mass is 412 g/mol. The number of nitrogens with zero attached hydrogens (tertiary/aromatic N) is 2. The van der Waals surface area contributed by atoms with Gasteiger partial charge in [-0.3, -0.25) is 14.7 Å². The molecule has 1 aliphatic rings. The van der Waals surface area contributed by atoms with Crippen LogP contribution in [0.15, 0.2) is 89.9 Å². The Morgan fingerprint density at radius 2 is 1.63 bits per heavy atom. The van der Waals surface area contributed by atoms with E-state index in [1.54, 1.807) is 35.2 Å². The largest absolute Gasteiger partial charge is 0.508 e. The highest BCUT2D eigenvalue weighted by Gasteiger charge is 2.27. The van der Waals surface area contributed by atoms with Gasteiger partial charge < -0.3 is 5.11 Å². The lowest BCUT2D eigenvalue weighted by atomic mass is 9.99. The summed E-state index contributed by atoms with van der Waals surface area (Å²) in [4.78, 5) is 19.4. The molecule has 1 N–H and O–H groups in total. The molecule has 0 aromatic heterocycles. The van der Waals surface area contributed by atoms with Gasteiger partial charge >= 0.3 is 0 Å². The van der Waals surface area contributed by atoms with Gasteiger partial charge in [0, 0.05) is 21.8 Å². The molecule has 1 heterocycles. The predicted molar refractivity (Wildman–Crippen MR) is 121 cm³/mol. The molecule has 0 saturated carbocycles. The Bertz CT molecular complexity index is 1310.